The summed E-state index contributed by atoms with van der Waals surface area (Å²) < 4.78 is 5.31. The summed E-state index contributed by atoms with van der Waals surface area (Å²) in [5, 5.41) is 6.31. The van der Waals surface area contributed by atoms with Gasteiger partial charge in [-0.15, -0.1) is 0 Å². The van der Waals surface area contributed by atoms with Gasteiger partial charge >= 0.3 is 6.09 Å². The number of carbonyl (C=O) groups is 1. The van der Waals surface area contributed by atoms with Crippen molar-refractivity contribution in [3.63, 3.8) is 0 Å². The quantitative estimate of drug-likeness (QED) is 0.861. The van der Waals surface area contributed by atoms with E-state index in [1.165, 1.54) is 6.33 Å². The molecule has 20 heavy (non-hydrogen) atoms. The zero-order valence-corrected chi connectivity index (χ0v) is 12.4. The van der Waals surface area contributed by atoms with Crippen LogP contribution in [0.2, 0.25) is 0 Å². The third kappa shape index (κ3) is 3.66. The van der Waals surface area contributed by atoms with Crippen LogP contribution in [-0.2, 0) is 4.74 Å². The third-order valence-electron chi connectivity index (χ3n) is 3.21. The van der Waals surface area contributed by atoms with Gasteiger partial charge in [-0.1, -0.05) is 0 Å². The van der Waals surface area contributed by atoms with Gasteiger partial charge in [-0.2, -0.15) is 0 Å². The van der Waals surface area contributed by atoms with Gasteiger partial charge in [0.25, 0.3) is 0 Å². The lowest BCUT2D eigenvalue weighted by Gasteiger charge is -2.25. The fraction of sp³-hybridized carbons (Fsp3) is 0.643. The molecule has 0 radical (unpaired) electrons. The maximum absolute atomic E-state index is 11.9. The van der Waals surface area contributed by atoms with Crippen molar-refractivity contribution >= 4 is 6.09 Å². The van der Waals surface area contributed by atoms with Crippen LogP contribution in [0.5, 0.6) is 0 Å². The molecule has 1 aliphatic heterocycles. The van der Waals surface area contributed by atoms with E-state index < -0.39 is 5.60 Å². The Hall–Kier alpha value is -1.69. The van der Waals surface area contributed by atoms with Gasteiger partial charge < -0.3 is 15.4 Å². The van der Waals surface area contributed by atoms with E-state index in [2.05, 4.69) is 20.6 Å². The highest BCUT2D eigenvalue weighted by Crippen LogP contribution is 2.25. The Morgan fingerprint density at radius 1 is 1.50 bits per heavy atom. The lowest BCUT2D eigenvalue weighted by Crippen LogP contribution is -2.41. The average Bonchev–Trinajstić information content (AvgIpc) is 2.75. The molecule has 0 spiro atoms. The maximum atomic E-state index is 11.9. The molecule has 1 aromatic rings. The summed E-state index contributed by atoms with van der Waals surface area (Å²) in [5.74, 6) is 0. The molecule has 1 fully saturated rings. The molecule has 0 aliphatic carbocycles. The summed E-state index contributed by atoms with van der Waals surface area (Å²) >= 11 is 0. The monoisotopic (exact) mass is 278 g/mol. The first-order valence-electron chi connectivity index (χ1n) is 6.86. The molecule has 110 valence electrons. The van der Waals surface area contributed by atoms with Crippen molar-refractivity contribution in [3.8, 4) is 0 Å². The first kappa shape index (κ1) is 14.7. The lowest BCUT2D eigenvalue weighted by atomic mass is 10.0. The van der Waals surface area contributed by atoms with Crippen LogP contribution in [0.15, 0.2) is 12.5 Å². The minimum absolute atomic E-state index is 0.00505. The number of rotatable bonds is 2. The Labute approximate surface area is 119 Å². The molecule has 6 nitrogen and oxygen atoms in total. The zero-order chi connectivity index (χ0) is 14.8. The largest absolute Gasteiger partial charge is 0.444 e. The first-order valence-corrected chi connectivity index (χ1v) is 6.86. The molecule has 0 unspecified atom stereocenters. The molecule has 1 aliphatic rings. The first-order chi connectivity index (χ1) is 9.37. The lowest BCUT2D eigenvalue weighted by molar-refractivity contribution is 0.0500. The molecule has 1 amide bonds. The van der Waals surface area contributed by atoms with E-state index in [4.69, 9.17) is 4.74 Å². The normalized spacial score (nSPS) is 22.6. The SMILES string of the molecule is Cc1ncncc1[C@@H]1NCC[C@H]1NC(=O)OC(C)(C)C. The van der Waals surface area contributed by atoms with E-state index in [1.807, 2.05) is 27.7 Å². The van der Waals surface area contributed by atoms with E-state index >= 15 is 0 Å². The fourth-order valence-electron chi connectivity index (χ4n) is 2.35. The number of hydrogen-bond acceptors (Lipinski definition) is 5. The number of ether oxygens (including phenoxy) is 1. The van der Waals surface area contributed by atoms with Crippen molar-refractivity contribution in [1.82, 2.24) is 20.6 Å². The van der Waals surface area contributed by atoms with Crippen LogP contribution in [0.4, 0.5) is 4.79 Å². The van der Waals surface area contributed by atoms with E-state index in [9.17, 15) is 4.79 Å². The molecule has 2 N–H and O–H groups in total. The Kier molecular flexibility index (Phi) is 4.23. The Bertz CT molecular complexity index is 484. The van der Waals surface area contributed by atoms with Gasteiger partial charge in [0.05, 0.1) is 12.1 Å². The summed E-state index contributed by atoms with van der Waals surface area (Å²) in [7, 11) is 0. The van der Waals surface area contributed by atoms with Gasteiger partial charge in [0.1, 0.15) is 11.9 Å². The Balaban J connectivity index is 2.05. The minimum Gasteiger partial charge on any atom is -0.444 e. The van der Waals surface area contributed by atoms with Crippen molar-refractivity contribution in [2.24, 2.45) is 0 Å². The Morgan fingerprint density at radius 2 is 2.25 bits per heavy atom. The summed E-state index contributed by atoms with van der Waals surface area (Å²) in [6.07, 6.45) is 3.81. The van der Waals surface area contributed by atoms with Gasteiger partial charge in [0.15, 0.2) is 0 Å². The van der Waals surface area contributed by atoms with Gasteiger partial charge in [0, 0.05) is 17.5 Å². The van der Waals surface area contributed by atoms with Gasteiger partial charge in [-0.3, -0.25) is 0 Å². The van der Waals surface area contributed by atoms with E-state index in [-0.39, 0.29) is 18.2 Å². The number of nitrogens with one attached hydrogen (secondary N) is 2. The van der Waals surface area contributed by atoms with Gasteiger partial charge in [-0.05, 0) is 40.7 Å². The molecular formula is C14H22N4O2. The van der Waals surface area contributed by atoms with Crippen LogP contribution >= 0.6 is 0 Å². The molecule has 6 heteroatoms. The van der Waals surface area contributed by atoms with E-state index in [0.29, 0.717) is 0 Å². The number of aromatic nitrogens is 2. The summed E-state index contributed by atoms with van der Waals surface area (Å²) in [4.78, 5) is 20.2. The van der Waals surface area contributed by atoms with Crippen molar-refractivity contribution in [3.05, 3.63) is 23.8 Å². The van der Waals surface area contributed by atoms with Crippen LogP contribution in [0.25, 0.3) is 0 Å². The fourth-order valence-corrected chi connectivity index (χ4v) is 2.35. The molecule has 2 rings (SSSR count). The second-order valence-electron chi connectivity index (χ2n) is 6.04. The molecular weight excluding hydrogens is 256 g/mol. The summed E-state index contributed by atoms with van der Waals surface area (Å²) in [6.45, 7) is 8.35. The van der Waals surface area contributed by atoms with Gasteiger partial charge in [0.2, 0.25) is 0 Å². The zero-order valence-electron chi connectivity index (χ0n) is 12.4. The highest BCUT2D eigenvalue weighted by Gasteiger charge is 2.32. The predicted octanol–water partition coefficient (Wildman–Crippen LogP) is 1.71. The Morgan fingerprint density at radius 3 is 2.90 bits per heavy atom. The smallest absolute Gasteiger partial charge is 0.407 e. The van der Waals surface area contributed by atoms with Crippen molar-refractivity contribution in [2.45, 2.75) is 51.8 Å². The van der Waals surface area contributed by atoms with E-state index in [0.717, 1.165) is 24.2 Å². The second kappa shape index (κ2) is 5.75. The summed E-state index contributed by atoms with van der Waals surface area (Å²) in [5.41, 5.74) is 1.46. The second-order valence-corrected chi connectivity index (χ2v) is 6.04. The summed E-state index contributed by atoms with van der Waals surface area (Å²) in [6, 6.07) is 0.0262. The number of amides is 1. The molecule has 2 heterocycles. The van der Waals surface area contributed by atoms with Crippen LogP contribution in [-0.4, -0.2) is 34.2 Å². The van der Waals surface area contributed by atoms with Crippen LogP contribution < -0.4 is 10.6 Å². The topological polar surface area (TPSA) is 76.1 Å². The van der Waals surface area contributed by atoms with E-state index in [1.54, 1.807) is 6.20 Å². The van der Waals surface area contributed by atoms with Gasteiger partial charge in [-0.25, -0.2) is 14.8 Å². The number of nitrogens with zero attached hydrogens (tertiary/aromatic N) is 2. The molecule has 1 saturated heterocycles. The standard InChI is InChI=1S/C14H22N4O2/c1-9-10(7-15-8-17-9)12-11(5-6-16-12)18-13(19)20-14(2,3)4/h7-8,11-12,16H,5-6H2,1-4H3,(H,18,19)/t11-,12+/m1/s1. The van der Waals surface area contributed by atoms with Crippen LogP contribution in [0.1, 0.15) is 44.5 Å². The highest BCUT2D eigenvalue weighted by atomic mass is 16.6. The molecule has 2 atom stereocenters. The van der Waals surface area contributed by atoms with Crippen molar-refractivity contribution < 1.29 is 9.53 Å². The highest BCUT2D eigenvalue weighted by molar-refractivity contribution is 5.68. The van der Waals surface area contributed by atoms with Crippen molar-refractivity contribution in [1.29, 1.82) is 0 Å². The van der Waals surface area contributed by atoms with Crippen LogP contribution in [0.3, 0.4) is 0 Å². The molecule has 1 aromatic heterocycles. The molecule has 0 saturated carbocycles. The molecule has 0 bridgehead atoms. The van der Waals surface area contributed by atoms with Crippen molar-refractivity contribution in [2.75, 3.05) is 6.54 Å². The predicted molar refractivity (Wildman–Crippen MR) is 75.3 cm³/mol. The molecule has 0 aromatic carbocycles. The maximum Gasteiger partial charge on any atom is 0.407 e. The van der Waals surface area contributed by atoms with Crippen LogP contribution in [0, 0.1) is 6.92 Å². The minimum atomic E-state index is -0.489. The number of carbonyl (C=O) groups excluding carboxylic acids is 1. The average molecular weight is 278 g/mol. The third-order valence-corrected chi connectivity index (χ3v) is 3.21. The number of hydrogen-bond donors (Lipinski definition) is 2. The number of aryl methyl sites for hydroxylation is 1. The number of alkyl carbamates (subject to hydrolysis) is 1.